The lowest BCUT2D eigenvalue weighted by Crippen LogP contribution is -2.35. The molecule has 158 valence electrons. The summed E-state index contributed by atoms with van der Waals surface area (Å²) >= 11 is 0. The van der Waals surface area contributed by atoms with E-state index in [1.807, 2.05) is 39.0 Å². The fourth-order valence-corrected chi connectivity index (χ4v) is 2.90. The third-order valence-electron chi connectivity index (χ3n) is 4.86. The first kappa shape index (κ1) is 22.9. The summed E-state index contributed by atoms with van der Waals surface area (Å²) in [5, 5.41) is 20.6. The molecule has 0 radical (unpaired) electrons. The number of hydrogen-bond donors (Lipinski definition) is 2. The van der Waals surface area contributed by atoms with E-state index in [9.17, 15) is 15.0 Å². The monoisotopic (exact) mass is 400 g/mol. The standard InChI is InChI=1S/C24H32O5/c1-16(2)6-10-19-20(11-8-18-9-13-22(26)29-23(18)19)28-15-14-17(3)7-12-21(25)24(4,5)27/h6,8-9,11,13-14,21,25,27H,7,10,12,15H2,1-5H3/t21-/m1/s1. The van der Waals surface area contributed by atoms with E-state index in [1.165, 1.54) is 11.6 Å². The number of rotatable bonds is 9. The molecule has 0 saturated carbocycles. The Bertz CT molecular complexity index is 940. The van der Waals surface area contributed by atoms with E-state index >= 15 is 0 Å². The van der Waals surface area contributed by atoms with Crippen LogP contribution in [0.2, 0.25) is 0 Å². The van der Waals surface area contributed by atoms with Gasteiger partial charge in [-0.05, 0) is 78.2 Å². The van der Waals surface area contributed by atoms with Crippen LogP contribution in [0.4, 0.5) is 0 Å². The van der Waals surface area contributed by atoms with Crippen LogP contribution in [-0.2, 0) is 6.42 Å². The van der Waals surface area contributed by atoms with Crippen LogP contribution >= 0.6 is 0 Å². The highest BCUT2D eigenvalue weighted by Gasteiger charge is 2.23. The summed E-state index contributed by atoms with van der Waals surface area (Å²) in [6, 6.07) is 6.96. The van der Waals surface area contributed by atoms with Gasteiger partial charge in [0.1, 0.15) is 17.9 Å². The maximum Gasteiger partial charge on any atom is 0.336 e. The lowest BCUT2D eigenvalue weighted by Gasteiger charge is -2.24. The first-order valence-corrected chi connectivity index (χ1v) is 9.96. The lowest BCUT2D eigenvalue weighted by molar-refractivity contribution is -0.0509. The minimum atomic E-state index is -1.11. The number of aliphatic hydroxyl groups is 2. The van der Waals surface area contributed by atoms with Crippen molar-refractivity contribution in [2.75, 3.05) is 6.61 Å². The zero-order valence-electron chi connectivity index (χ0n) is 18.0. The summed E-state index contributed by atoms with van der Waals surface area (Å²) in [5.41, 5.74) is 2.17. The molecule has 0 unspecified atom stereocenters. The average Bonchev–Trinajstić information content (AvgIpc) is 2.63. The smallest absolute Gasteiger partial charge is 0.336 e. The van der Waals surface area contributed by atoms with E-state index in [-0.39, 0.29) is 5.63 Å². The molecule has 2 aromatic rings. The minimum absolute atomic E-state index is 0.370. The molecular weight excluding hydrogens is 368 g/mol. The number of hydrogen-bond acceptors (Lipinski definition) is 5. The van der Waals surface area contributed by atoms with Crippen LogP contribution in [0.5, 0.6) is 5.75 Å². The van der Waals surface area contributed by atoms with E-state index in [1.54, 1.807) is 19.9 Å². The zero-order valence-corrected chi connectivity index (χ0v) is 18.0. The van der Waals surface area contributed by atoms with Gasteiger partial charge in [-0.25, -0.2) is 4.79 Å². The Morgan fingerprint density at radius 1 is 1.17 bits per heavy atom. The van der Waals surface area contributed by atoms with Gasteiger partial charge in [0.25, 0.3) is 0 Å². The topological polar surface area (TPSA) is 79.9 Å². The van der Waals surface area contributed by atoms with Crippen molar-refractivity contribution in [2.24, 2.45) is 0 Å². The molecule has 0 aliphatic heterocycles. The molecule has 29 heavy (non-hydrogen) atoms. The quantitative estimate of drug-likeness (QED) is 0.477. The highest BCUT2D eigenvalue weighted by molar-refractivity contribution is 5.82. The van der Waals surface area contributed by atoms with Crippen molar-refractivity contribution in [3.8, 4) is 5.75 Å². The molecule has 0 bridgehead atoms. The number of fused-ring (bicyclic) bond motifs is 1. The van der Waals surface area contributed by atoms with Gasteiger partial charge in [0.2, 0.25) is 0 Å². The highest BCUT2D eigenvalue weighted by Crippen LogP contribution is 2.28. The van der Waals surface area contributed by atoms with E-state index in [4.69, 9.17) is 9.15 Å². The maximum atomic E-state index is 11.7. The number of allylic oxidation sites excluding steroid dienone is 3. The Labute approximate surface area is 172 Å². The van der Waals surface area contributed by atoms with Gasteiger partial charge in [-0.1, -0.05) is 17.2 Å². The lowest BCUT2D eigenvalue weighted by atomic mass is 9.96. The summed E-state index contributed by atoms with van der Waals surface area (Å²) in [7, 11) is 0. The second kappa shape index (κ2) is 9.90. The second-order valence-electron chi connectivity index (χ2n) is 8.27. The molecule has 1 atom stereocenters. The van der Waals surface area contributed by atoms with Crippen LogP contribution in [0.3, 0.4) is 0 Å². The van der Waals surface area contributed by atoms with Crippen molar-refractivity contribution in [1.29, 1.82) is 0 Å². The van der Waals surface area contributed by atoms with Crippen LogP contribution in [0.1, 0.15) is 53.0 Å². The Morgan fingerprint density at radius 2 is 1.86 bits per heavy atom. The molecule has 1 aromatic carbocycles. The summed E-state index contributed by atoms with van der Waals surface area (Å²) in [6.45, 7) is 9.60. The molecule has 5 nitrogen and oxygen atoms in total. The summed E-state index contributed by atoms with van der Waals surface area (Å²) in [6.07, 6.45) is 5.04. The summed E-state index contributed by atoms with van der Waals surface area (Å²) < 4.78 is 11.4. The van der Waals surface area contributed by atoms with Gasteiger partial charge < -0.3 is 19.4 Å². The van der Waals surface area contributed by atoms with Crippen molar-refractivity contribution in [3.63, 3.8) is 0 Å². The fraction of sp³-hybridized carbons (Fsp3) is 0.458. The fourth-order valence-electron chi connectivity index (χ4n) is 2.90. The molecule has 0 aliphatic rings. The normalized spacial score (nSPS) is 13.4. The van der Waals surface area contributed by atoms with Crippen molar-refractivity contribution in [1.82, 2.24) is 0 Å². The van der Waals surface area contributed by atoms with E-state index in [0.717, 1.165) is 16.5 Å². The molecule has 0 saturated heterocycles. The van der Waals surface area contributed by atoms with Crippen molar-refractivity contribution in [2.45, 2.75) is 65.6 Å². The predicted molar refractivity (Wildman–Crippen MR) is 116 cm³/mol. The van der Waals surface area contributed by atoms with Crippen LogP contribution < -0.4 is 10.4 Å². The SMILES string of the molecule is CC(C)=CCc1c(OCC=C(C)CC[C@@H](O)C(C)(C)O)ccc2ccc(=O)oc12. The van der Waals surface area contributed by atoms with Crippen LogP contribution in [0.15, 0.2) is 56.8 Å². The van der Waals surface area contributed by atoms with Gasteiger partial charge in [-0.3, -0.25) is 0 Å². The van der Waals surface area contributed by atoms with E-state index < -0.39 is 11.7 Å². The van der Waals surface area contributed by atoms with Gasteiger partial charge >= 0.3 is 5.63 Å². The Kier molecular flexibility index (Phi) is 7.82. The minimum Gasteiger partial charge on any atom is -0.489 e. The molecule has 2 N–H and O–H groups in total. The van der Waals surface area contributed by atoms with E-state index in [0.29, 0.717) is 37.2 Å². The van der Waals surface area contributed by atoms with Gasteiger partial charge in [-0.15, -0.1) is 0 Å². The van der Waals surface area contributed by atoms with E-state index in [2.05, 4.69) is 6.08 Å². The first-order chi connectivity index (χ1) is 13.6. The molecule has 5 heteroatoms. The largest absolute Gasteiger partial charge is 0.489 e. The predicted octanol–water partition coefficient (Wildman–Crippen LogP) is 4.54. The maximum absolute atomic E-state index is 11.7. The second-order valence-corrected chi connectivity index (χ2v) is 8.27. The molecule has 1 aromatic heterocycles. The summed E-state index contributed by atoms with van der Waals surface area (Å²) in [4.78, 5) is 11.7. The molecule has 1 heterocycles. The molecule has 0 amide bonds. The number of aliphatic hydroxyl groups excluding tert-OH is 1. The highest BCUT2D eigenvalue weighted by atomic mass is 16.5. The van der Waals surface area contributed by atoms with Crippen molar-refractivity contribution >= 4 is 11.0 Å². The Hall–Kier alpha value is -2.37. The third-order valence-corrected chi connectivity index (χ3v) is 4.86. The van der Waals surface area contributed by atoms with Gasteiger partial charge in [0, 0.05) is 17.0 Å². The molecule has 2 rings (SSSR count). The Balaban J connectivity index is 2.15. The molecule has 0 fully saturated rings. The average molecular weight is 401 g/mol. The van der Waals surface area contributed by atoms with Gasteiger partial charge in [-0.2, -0.15) is 0 Å². The van der Waals surface area contributed by atoms with Crippen molar-refractivity contribution < 1.29 is 19.4 Å². The van der Waals surface area contributed by atoms with Crippen LogP contribution in [0.25, 0.3) is 11.0 Å². The third kappa shape index (κ3) is 6.87. The van der Waals surface area contributed by atoms with Crippen LogP contribution in [0, 0.1) is 0 Å². The van der Waals surface area contributed by atoms with Gasteiger partial charge in [0.15, 0.2) is 0 Å². The molecule has 0 aliphatic carbocycles. The molecule has 0 spiro atoms. The molecular formula is C24H32O5. The Morgan fingerprint density at radius 3 is 2.52 bits per heavy atom. The van der Waals surface area contributed by atoms with Crippen molar-refractivity contribution in [3.05, 3.63) is 63.5 Å². The number of benzene rings is 1. The first-order valence-electron chi connectivity index (χ1n) is 9.96. The number of ether oxygens (including phenoxy) is 1. The zero-order chi connectivity index (χ0) is 21.6. The van der Waals surface area contributed by atoms with Gasteiger partial charge in [0.05, 0.1) is 11.7 Å². The summed E-state index contributed by atoms with van der Waals surface area (Å²) in [5.74, 6) is 0.685. The van der Waals surface area contributed by atoms with Crippen LogP contribution in [-0.4, -0.2) is 28.5 Å².